The van der Waals surface area contributed by atoms with Gasteiger partial charge in [-0.2, -0.15) is 0 Å². The highest BCUT2D eigenvalue weighted by Crippen LogP contribution is 2.02. The van der Waals surface area contributed by atoms with Crippen LogP contribution in [0.1, 0.15) is 25.7 Å². The number of unbranched alkanes of at least 4 members (excludes halogenated alkanes) is 3. The molecule has 70 valence electrons. The van der Waals surface area contributed by atoms with Gasteiger partial charge in [0.05, 0.1) is 0 Å². The molecule has 0 aromatic rings. The molecule has 2 heteroatoms. The molecule has 0 nitrogen and oxygen atoms in total. The fourth-order valence-electron chi connectivity index (χ4n) is 0.812. The molecule has 0 aliphatic rings. The third-order valence-corrected chi connectivity index (χ3v) is 2.89. The number of rotatable bonds is 4. The number of hydrogen-bond donors (Lipinski definition) is 0. The van der Waals surface area contributed by atoms with Crippen LogP contribution in [0.2, 0.25) is 19.6 Å². The lowest BCUT2D eigenvalue weighted by molar-refractivity contribution is 0.745. The SMILES string of the molecule is C[Si](C)(C)C#CCCCCCBr. The Morgan fingerprint density at radius 1 is 1.08 bits per heavy atom. The average molecular weight is 247 g/mol. The van der Waals surface area contributed by atoms with Crippen molar-refractivity contribution in [2.24, 2.45) is 0 Å². The van der Waals surface area contributed by atoms with Crippen LogP contribution in [-0.4, -0.2) is 13.4 Å². The van der Waals surface area contributed by atoms with Gasteiger partial charge in [0, 0.05) is 11.8 Å². The van der Waals surface area contributed by atoms with Gasteiger partial charge in [0.2, 0.25) is 0 Å². The minimum Gasteiger partial charge on any atom is -0.132 e. The summed E-state index contributed by atoms with van der Waals surface area (Å²) in [4.78, 5) is 0. The van der Waals surface area contributed by atoms with Crippen molar-refractivity contribution in [3.8, 4) is 11.5 Å². The maximum atomic E-state index is 3.42. The molecular weight excluding hydrogens is 228 g/mol. The predicted molar refractivity (Wildman–Crippen MR) is 63.4 cm³/mol. The maximum Gasteiger partial charge on any atom is 0.129 e. The van der Waals surface area contributed by atoms with E-state index in [1.165, 1.54) is 19.3 Å². The van der Waals surface area contributed by atoms with E-state index in [0.29, 0.717) is 0 Å². The van der Waals surface area contributed by atoms with E-state index in [2.05, 4.69) is 47.0 Å². The molecule has 0 spiro atoms. The summed E-state index contributed by atoms with van der Waals surface area (Å²) in [5.41, 5.74) is 3.38. The van der Waals surface area contributed by atoms with Gasteiger partial charge in [-0.15, -0.1) is 11.5 Å². The lowest BCUT2D eigenvalue weighted by Crippen LogP contribution is -2.16. The molecule has 0 atom stereocenters. The Labute approximate surface area is 86.3 Å². The highest BCUT2D eigenvalue weighted by atomic mass is 79.9. The lowest BCUT2D eigenvalue weighted by atomic mass is 10.2. The summed E-state index contributed by atoms with van der Waals surface area (Å²) < 4.78 is 0. The third kappa shape index (κ3) is 10.3. The van der Waals surface area contributed by atoms with Crippen molar-refractivity contribution >= 4 is 24.0 Å². The van der Waals surface area contributed by atoms with Crippen molar-refractivity contribution < 1.29 is 0 Å². The van der Waals surface area contributed by atoms with Crippen LogP contribution in [0.25, 0.3) is 0 Å². The van der Waals surface area contributed by atoms with Gasteiger partial charge in [0.15, 0.2) is 0 Å². The van der Waals surface area contributed by atoms with Gasteiger partial charge in [0.25, 0.3) is 0 Å². The second kappa shape index (κ2) is 6.74. The molecule has 0 fully saturated rings. The third-order valence-electron chi connectivity index (χ3n) is 1.40. The van der Waals surface area contributed by atoms with E-state index in [0.717, 1.165) is 11.8 Å². The van der Waals surface area contributed by atoms with Crippen LogP contribution in [0.4, 0.5) is 0 Å². The maximum absolute atomic E-state index is 3.42. The number of halogens is 1. The summed E-state index contributed by atoms with van der Waals surface area (Å²) in [6.45, 7) is 6.87. The summed E-state index contributed by atoms with van der Waals surface area (Å²) >= 11 is 3.42. The molecule has 0 aliphatic carbocycles. The van der Waals surface area contributed by atoms with E-state index >= 15 is 0 Å². The molecular formula is C10H19BrSi. The van der Waals surface area contributed by atoms with E-state index in [-0.39, 0.29) is 0 Å². The molecule has 0 radical (unpaired) electrons. The van der Waals surface area contributed by atoms with Gasteiger partial charge in [-0.05, 0) is 12.8 Å². The molecule has 0 rings (SSSR count). The van der Waals surface area contributed by atoms with Crippen molar-refractivity contribution in [1.29, 1.82) is 0 Å². The standard InChI is InChI=1S/C10H19BrSi/c1-12(2,3)10-8-6-4-5-7-9-11/h4-7,9H2,1-3H3. The minimum atomic E-state index is -1.10. The average Bonchev–Trinajstić information content (AvgIpc) is 1.94. The topological polar surface area (TPSA) is 0 Å². The summed E-state index contributed by atoms with van der Waals surface area (Å²) in [6, 6.07) is 0. The highest BCUT2D eigenvalue weighted by Gasteiger charge is 2.06. The van der Waals surface area contributed by atoms with Crippen LogP contribution < -0.4 is 0 Å². The molecule has 0 saturated heterocycles. The molecule has 0 amide bonds. The molecule has 0 aromatic heterocycles. The van der Waals surface area contributed by atoms with Crippen LogP contribution in [0.3, 0.4) is 0 Å². The Morgan fingerprint density at radius 2 is 1.75 bits per heavy atom. The smallest absolute Gasteiger partial charge is 0.129 e. The molecule has 0 heterocycles. The van der Waals surface area contributed by atoms with Crippen molar-refractivity contribution in [2.45, 2.75) is 45.3 Å². The van der Waals surface area contributed by atoms with Crippen LogP contribution in [0, 0.1) is 11.5 Å². The largest absolute Gasteiger partial charge is 0.132 e. The van der Waals surface area contributed by atoms with E-state index in [1.54, 1.807) is 0 Å². The van der Waals surface area contributed by atoms with Crippen LogP contribution in [0.5, 0.6) is 0 Å². The monoisotopic (exact) mass is 246 g/mol. The summed E-state index contributed by atoms with van der Waals surface area (Å²) in [7, 11) is -1.10. The highest BCUT2D eigenvalue weighted by molar-refractivity contribution is 9.09. The zero-order chi connectivity index (χ0) is 9.45. The van der Waals surface area contributed by atoms with Crippen molar-refractivity contribution in [2.75, 3.05) is 5.33 Å². The second-order valence-corrected chi connectivity index (χ2v) is 9.59. The van der Waals surface area contributed by atoms with Crippen LogP contribution in [0.15, 0.2) is 0 Å². The number of alkyl halides is 1. The molecule has 0 N–H and O–H groups in total. The molecule has 0 aromatic carbocycles. The first-order valence-electron chi connectivity index (χ1n) is 4.62. The fraction of sp³-hybridized carbons (Fsp3) is 0.800. The Morgan fingerprint density at radius 3 is 2.25 bits per heavy atom. The summed E-state index contributed by atoms with van der Waals surface area (Å²) in [5.74, 6) is 3.28. The minimum absolute atomic E-state index is 1.09. The zero-order valence-corrected chi connectivity index (χ0v) is 11.0. The van der Waals surface area contributed by atoms with E-state index in [4.69, 9.17) is 0 Å². The van der Waals surface area contributed by atoms with Crippen molar-refractivity contribution in [1.82, 2.24) is 0 Å². The lowest BCUT2D eigenvalue weighted by Gasteiger charge is -2.03. The molecule has 12 heavy (non-hydrogen) atoms. The summed E-state index contributed by atoms with van der Waals surface area (Å²) in [5, 5.41) is 1.13. The zero-order valence-electron chi connectivity index (χ0n) is 8.41. The van der Waals surface area contributed by atoms with E-state index in [1.807, 2.05) is 0 Å². The van der Waals surface area contributed by atoms with Gasteiger partial charge in [-0.3, -0.25) is 0 Å². The predicted octanol–water partition coefficient (Wildman–Crippen LogP) is 3.82. The first-order valence-corrected chi connectivity index (χ1v) is 9.24. The number of hydrogen-bond acceptors (Lipinski definition) is 0. The summed E-state index contributed by atoms with van der Waals surface area (Å²) in [6.07, 6.45) is 4.96. The Balaban J connectivity index is 3.34. The Kier molecular flexibility index (Phi) is 6.88. The molecule has 0 saturated carbocycles. The Bertz CT molecular complexity index is 159. The second-order valence-electron chi connectivity index (χ2n) is 4.05. The van der Waals surface area contributed by atoms with Gasteiger partial charge in [0.1, 0.15) is 8.07 Å². The van der Waals surface area contributed by atoms with Crippen LogP contribution >= 0.6 is 15.9 Å². The van der Waals surface area contributed by atoms with E-state index < -0.39 is 8.07 Å². The van der Waals surface area contributed by atoms with Gasteiger partial charge >= 0.3 is 0 Å². The quantitative estimate of drug-likeness (QED) is 0.306. The van der Waals surface area contributed by atoms with Gasteiger partial charge in [-0.1, -0.05) is 42.0 Å². The fourth-order valence-corrected chi connectivity index (χ4v) is 1.86. The molecule has 0 unspecified atom stereocenters. The first kappa shape index (κ1) is 12.3. The van der Waals surface area contributed by atoms with Crippen molar-refractivity contribution in [3.05, 3.63) is 0 Å². The van der Waals surface area contributed by atoms with Gasteiger partial charge in [-0.25, -0.2) is 0 Å². The molecule has 0 aliphatic heterocycles. The van der Waals surface area contributed by atoms with Gasteiger partial charge < -0.3 is 0 Å². The molecule has 0 bridgehead atoms. The van der Waals surface area contributed by atoms with Crippen LogP contribution in [-0.2, 0) is 0 Å². The van der Waals surface area contributed by atoms with Crippen molar-refractivity contribution in [3.63, 3.8) is 0 Å². The Hall–Kier alpha value is 0.257. The van der Waals surface area contributed by atoms with E-state index in [9.17, 15) is 0 Å². The normalized spacial score (nSPS) is 10.7. The first-order chi connectivity index (χ1) is 5.56.